The second kappa shape index (κ2) is 6.78. The predicted molar refractivity (Wildman–Crippen MR) is 99.7 cm³/mol. The Hall–Kier alpha value is -2.12. The van der Waals surface area contributed by atoms with E-state index in [1.807, 2.05) is 24.4 Å². The van der Waals surface area contributed by atoms with E-state index < -0.39 is 12.5 Å². The van der Waals surface area contributed by atoms with Crippen LogP contribution in [-0.2, 0) is 16.1 Å². The molecule has 1 aromatic heterocycles. The summed E-state index contributed by atoms with van der Waals surface area (Å²) < 4.78 is 2.45. The van der Waals surface area contributed by atoms with Crippen molar-refractivity contribution in [1.82, 2.24) is 9.47 Å². The van der Waals surface area contributed by atoms with Gasteiger partial charge in [0.1, 0.15) is 10.9 Å². The van der Waals surface area contributed by atoms with Gasteiger partial charge in [0.25, 0.3) is 5.91 Å². The minimum Gasteiger partial charge on any atom is -0.480 e. The first kappa shape index (κ1) is 16.7. The Morgan fingerprint density at radius 1 is 1.38 bits per heavy atom. The molecule has 0 bridgehead atoms. The SMILES string of the molecule is CCCn1cc(/C=C2/SC(=S)N(CC(=O)O)C2=O)c2ccccc21. The van der Waals surface area contributed by atoms with Gasteiger partial charge in [0.15, 0.2) is 0 Å². The number of carboxylic acids is 1. The standard InChI is InChI=1S/C17H16N2O3S2/c1-2-7-18-9-11(12-5-3-4-6-13(12)18)8-14-16(22)19(10-15(20)21)17(23)24-14/h3-6,8-9H,2,7,10H2,1H3,(H,20,21)/b14-8+. The van der Waals surface area contributed by atoms with Crippen molar-refractivity contribution in [1.29, 1.82) is 0 Å². The molecule has 1 aliphatic heterocycles. The molecule has 3 rings (SSSR count). The number of thioether (sulfide) groups is 1. The van der Waals surface area contributed by atoms with E-state index in [1.165, 1.54) is 0 Å². The lowest BCUT2D eigenvalue weighted by molar-refractivity contribution is -0.140. The van der Waals surface area contributed by atoms with E-state index in [2.05, 4.69) is 17.6 Å². The summed E-state index contributed by atoms with van der Waals surface area (Å²) in [7, 11) is 0. The van der Waals surface area contributed by atoms with Gasteiger partial charge in [0.05, 0.1) is 4.91 Å². The van der Waals surface area contributed by atoms with E-state index in [9.17, 15) is 9.59 Å². The molecule has 5 nitrogen and oxygen atoms in total. The molecule has 0 saturated carbocycles. The maximum absolute atomic E-state index is 12.4. The van der Waals surface area contributed by atoms with Gasteiger partial charge >= 0.3 is 5.97 Å². The van der Waals surface area contributed by atoms with Crippen LogP contribution in [-0.4, -0.2) is 37.3 Å². The highest BCUT2D eigenvalue weighted by Gasteiger charge is 2.33. The summed E-state index contributed by atoms with van der Waals surface area (Å²) in [5.41, 5.74) is 2.06. The van der Waals surface area contributed by atoms with Crippen LogP contribution in [0.3, 0.4) is 0 Å². The molecule has 1 amide bonds. The number of hydrogen-bond donors (Lipinski definition) is 1. The molecule has 0 aliphatic carbocycles. The van der Waals surface area contributed by atoms with Gasteiger partial charge in [-0.25, -0.2) is 0 Å². The zero-order chi connectivity index (χ0) is 17.3. The summed E-state index contributed by atoms with van der Waals surface area (Å²) in [6.45, 7) is 2.61. The second-order valence-electron chi connectivity index (χ2n) is 5.46. The van der Waals surface area contributed by atoms with Crippen LogP contribution in [0.25, 0.3) is 17.0 Å². The molecule has 1 aliphatic rings. The number of para-hydroxylation sites is 1. The first-order valence-corrected chi connectivity index (χ1v) is 8.78. The number of aryl methyl sites for hydroxylation is 1. The van der Waals surface area contributed by atoms with E-state index in [-0.39, 0.29) is 10.2 Å². The van der Waals surface area contributed by atoms with Crippen molar-refractivity contribution in [2.45, 2.75) is 19.9 Å². The Balaban J connectivity index is 2.00. The highest BCUT2D eigenvalue weighted by atomic mass is 32.2. The fraction of sp³-hybridized carbons (Fsp3) is 0.235. The van der Waals surface area contributed by atoms with Crippen LogP contribution in [0.1, 0.15) is 18.9 Å². The third-order valence-corrected chi connectivity index (χ3v) is 5.12. The molecule has 0 unspecified atom stereocenters. The van der Waals surface area contributed by atoms with E-state index in [0.717, 1.165) is 46.1 Å². The molecule has 1 saturated heterocycles. The van der Waals surface area contributed by atoms with Crippen LogP contribution < -0.4 is 0 Å². The number of carboxylic acid groups (broad SMARTS) is 1. The molecule has 2 aromatic rings. The van der Waals surface area contributed by atoms with Crippen molar-refractivity contribution < 1.29 is 14.7 Å². The fourth-order valence-electron chi connectivity index (χ4n) is 2.73. The quantitative estimate of drug-likeness (QED) is 0.654. The number of carbonyl (C=O) groups is 2. The molecule has 0 spiro atoms. The lowest BCUT2D eigenvalue weighted by atomic mass is 10.1. The summed E-state index contributed by atoms with van der Waals surface area (Å²) >= 11 is 6.28. The Morgan fingerprint density at radius 2 is 2.12 bits per heavy atom. The molecule has 2 heterocycles. The molecule has 7 heteroatoms. The number of rotatable bonds is 5. The fourth-order valence-corrected chi connectivity index (χ4v) is 3.97. The van der Waals surface area contributed by atoms with Crippen molar-refractivity contribution >= 4 is 57.2 Å². The van der Waals surface area contributed by atoms with Crippen LogP contribution in [0.4, 0.5) is 0 Å². The van der Waals surface area contributed by atoms with E-state index in [1.54, 1.807) is 6.08 Å². The molecule has 24 heavy (non-hydrogen) atoms. The number of benzene rings is 1. The number of thiocarbonyl (C=S) groups is 1. The molecule has 1 N–H and O–H groups in total. The topological polar surface area (TPSA) is 62.5 Å². The first-order chi connectivity index (χ1) is 11.5. The normalized spacial score (nSPS) is 16.5. The average Bonchev–Trinajstić information content (AvgIpc) is 3.01. The largest absolute Gasteiger partial charge is 0.480 e. The van der Waals surface area contributed by atoms with E-state index in [0.29, 0.717) is 4.91 Å². The van der Waals surface area contributed by atoms with Crippen molar-refractivity contribution in [2.24, 2.45) is 0 Å². The Labute approximate surface area is 148 Å². The summed E-state index contributed by atoms with van der Waals surface area (Å²) in [4.78, 5) is 24.9. The highest BCUT2D eigenvalue weighted by Crippen LogP contribution is 2.34. The molecule has 0 atom stereocenters. The monoisotopic (exact) mass is 360 g/mol. The molecule has 1 fully saturated rings. The van der Waals surface area contributed by atoms with Crippen LogP contribution >= 0.6 is 24.0 Å². The van der Waals surface area contributed by atoms with Crippen LogP contribution in [0, 0.1) is 0 Å². The molecule has 1 aromatic carbocycles. The lowest BCUT2D eigenvalue weighted by Gasteiger charge is -2.10. The number of fused-ring (bicyclic) bond motifs is 1. The Morgan fingerprint density at radius 3 is 2.83 bits per heavy atom. The van der Waals surface area contributed by atoms with Gasteiger partial charge in [-0.1, -0.05) is 49.1 Å². The van der Waals surface area contributed by atoms with Crippen molar-refractivity contribution in [2.75, 3.05) is 6.54 Å². The van der Waals surface area contributed by atoms with Gasteiger partial charge in [0, 0.05) is 29.2 Å². The first-order valence-electron chi connectivity index (χ1n) is 7.56. The summed E-state index contributed by atoms with van der Waals surface area (Å²) in [5, 5.41) is 9.97. The van der Waals surface area contributed by atoms with Gasteiger partial charge in [0.2, 0.25) is 0 Å². The van der Waals surface area contributed by atoms with Gasteiger partial charge in [-0.2, -0.15) is 0 Å². The van der Waals surface area contributed by atoms with Crippen molar-refractivity contribution in [3.8, 4) is 0 Å². The van der Waals surface area contributed by atoms with Gasteiger partial charge in [-0.05, 0) is 18.6 Å². The summed E-state index contributed by atoms with van der Waals surface area (Å²) in [6.07, 6.45) is 4.84. The van der Waals surface area contributed by atoms with E-state index in [4.69, 9.17) is 17.3 Å². The lowest BCUT2D eigenvalue weighted by Crippen LogP contribution is -2.33. The maximum Gasteiger partial charge on any atom is 0.323 e. The van der Waals surface area contributed by atoms with Crippen LogP contribution in [0.5, 0.6) is 0 Å². The number of nitrogens with zero attached hydrogens (tertiary/aromatic N) is 2. The summed E-state index contributed by atoms with van der Waals surface area (Å²) in [6, 6.07) is 8.03. The third-order valence-electron chi connectivity index (χ3n) is 3.74. The Kier molecular flexibility index (Phi) is 4.73. The second-order valence-corrected chi connectivity index (χ2v) is 7.13. The smallest absolute Gasteiger partial charge is 0.323 e. The number of hydrogen-bond acceptors (Lipinski definition) is 4. The number of carbonyl (C=O) groups excluding carboxylic acids is 1. The highest BCUT2D eigenvalue weighted by molar-refractivity contribution is 8.26. The number of amides is 1. The molecule has 0 radical (unpaired) electrons. The number of aromatic nitrogens is 1. The Bertz CT molecular complexity index is 870. The summed E-state index contributed by atoms with van der Waals surface area (Å²) in [5.74, 6) is -1.42. The molecular formula is C17H16N2O3S2. The zero-order valence-corrected chi connectivity index (χ0v) is 14.7. The van der Waals surface area contributed by atoms with E-state index >= 15 is 0 Å². The van der Waals surface area contributed by atoms with Gasteiger partial charge < -0.3 is 9.67 Å². The third kappa shape index (κ3) is 3.09. The zero-order valence-electron chi connectivity index (χ0n) is 13.1. The van der Waals surface area contributed by atoms with Crippen molar-refractivity contribution in [3.05, 3.63) is 40.9 Å². The minimum absolute atomic E-state index is 0.283. The minimum atomic E-state index is -1.08. The molecule has 124 valence electrons. The maximum atomic E-state index is 12.4. The van der Waals surface area contributed by atoms with Crippen LogP contribution in [0.15, 0.2) is 35.4 Å². The van der Waals surface area contributed by atoms with Gasteiger partial charge in [-0.15, -0.1) is 0 Å². The van der Waals surface area contributed by atoms with Crippen molar-refractivity contribution in [3.63, 3.8) is 0 Å². The van der Waals surface area contributed by atoms with Gasteiger partial charge in [-0.3, -0.25) is 14.5 Å². The van der Waals surface area contributed by atoms with Crippen LogP contribution in [0.2, 0.25) is 0 Å². The molecular weight excluding hydrogens is 344 g/mol. The predicted octanol–water partition coefficient (Wildman–Crippen LogP) is 3.34. The average molecular weight is 360 g/mol. The number of aliphatic carboxylic acids is 1.